The number of halogens is 1. The summed E-state index contributed by atoms with van der Waals surface area (Å²) in [6.07, 6.45) is 1.54. The molecule has 0 unspecified atom stereocenters. The molecule has 1 saturated heterocycles. The van der Waals surface area contributed by atoms with Gasteiger partial charge in [-0.3, -0.25) is 19.5 Å². The molecule has 0 N–H and O–H groups in total. The van der Waals surface area contributed by atoms with Gasteiger partial charge in [-0.05, 0) is 37.1 Å². The molecule has 1 fully saturated rings. The van der Waals surface area contributed by atoms with E-state index in [2.05, 4.69) is 17.0 Å². The quantitative estimate of drug-likeness (QED) is 0.570. The number of hydrogen-bond acceptors (Lipinski definition) is 6. The van der Waals surface area contributed by atoms with Crippen LogP contribution in [0.3, 0.4) is 0 Å². The molecule has 2 atom stereocenters. The lowest BCUT2D eigenvalue weighted by atomic mass is 9.67. The van der Waals surface area contributed by atoms with Crippen LogP contribution in [0.2, 0.25) is 0 Å². The van der Waals surface area contributed by atoms with Crippen LogP contribution in [0.4, 0.5) is 10.1 Å². The zero-order chi connectivity index (χ0) is 27.1. The minimum absolute atomic E-state index is 0.0875. The maximum Gasteiger partial charge on any atom is 0.228 e. The fraction of sp³-hybridized carbons (Fsp3) is 0.500. The molecule has 3 heterocycles. The van der Waals surface area contributed by atoms with Gasteiger partial charge >= 0.3 is 0 Å². The minimum atomic E-state index is -0.679. The van der Waals surface area contributed by atoms with Gasteiger partial charge in [0.15, 0.2) is 5.78 Å². The maximum absolute atomic E-state index is 14.2. The number of amides is 1. The molecule has 0 bridgehead atoms. The van der Waals surface area contributed by atoms with Gasteiger partial charge in [-0.15, -0.1) is 0 Å². The van der Waals surface area contributed by atoms with Crippen molar-refractivity contribution in [1.82, 2.24) is 9.80 Å². The van der Waals surface area contributed by atoms with Crippen LogP contribution in [0.15, 0.2) is 53.6 Å². The second-order valence-electron chi connectivity index (χ2n) is 11.6. The number of Topliss-reactive ketones (excluding diaryl/α,β-unsaturated/α-hetero) is 1. The Morgan fingerprint density at radius 2 is 1.79 bits per heavy atom. The predicted octanol–water partition coefficient (Wildman–Crippen LogP) is 4.26. The first-order chi connectivity index (χ1) is 18.1. The third kappa shape index (κ3) is 4.70. The van der Waals surface area contributed by atoms with E-state index in [1.54, 1.807) is 13.0 Å². The summed E-state index contributed by atoms with van der Waals surface area (Å²) in [4.78, 5) is 30.1. The molecule has 0 saturated carbocycles. The van der Waals surface area contributed by atoms with Crippen molar-refractivity contribution in [3.05, 3.63) is 59.9 Å². The molecule has 5 rings (SSSR count). The van der Waals surface area contributed by atoms with E-state index in [1.807, 2.05) is 48.9 Å². The second kappa shape index (κ2) is 10.1. The Hall–Kier alpha value is -3.26. The number of ether oxygens (including phenoxy) is 1. The number of fused-ring (bicyclic) bond motifs is 3. The van der Waals surface area contributed by atoms with Crippen molar-refractivity contribution in [2.24, 2.45) is 10.5 Å². The summed E-state index contributed by atoms with van der Waals surface area (Å²) >= 11 is 0. The molecule has 2 aromatic carbocycles. The van der Waals surface area contributed by atoms with Gasteiger partial charge in [0.05, 0.1) is 5.41 Å². The summed E-state index contributed by atoms with van der Waals surface area (Å²) in [5, 5.41) is 6.64. The molecular formula is C30H37FN4O3. The first-order valence-corrected chi connectivity index (χ1v) is 13.5. The van der Waals surface area contributed by atoms with Crippen molar-refractivity contribution in [1.29, 1.82) is 0 Å². The predicted molar refractivity (Wildman–Crippen MR) is 146 cm³/mol. The molecule has 3 aliphatic rings. The highest BCUT2D eigenvalue weighted by Crippen LogP contribution is 2.48. The third-order valence-corrected chi connectivity index (χ3v) is 8.03. The third-order valence-electron chi connectivity index (χ3n) is 8.03. The zero-order valence-corrected chi connectivity index (χ0v) is 22.7. The molecule has 38 heavy (non-hydrogen) atoms. The van der Waals surface area contributed by atoms with Crippen LogP contribution in [0.1, 0.15) is 46.1 Å². The Balaban J connectivity index is 1.38. The fourth-order valence-electron chi connectivity index (χ4n) is 6.14. The number of piperazine rings is 1. The van der Waals surface area contributed by atoms with Crippen LogP contribution in [0.25, 0.3) is 0 Å². The van der Waals surface area contributed by atoms with Gasteiger partial charge in [-0.2, -0.15) is 5.10 Å². The van der Waals surface area contributed by atoms with E-state index in [-0.39, 0.29) is 29.0 Å². The number of ketones is 1. The topological polar surface area (TPSA) is 65.5 Å². The van der Waals surface area contributed by atoms with Gasteiger partial charge in [0.1, 0.15) is 35.6 Å². The van der Waals surface area contributed by atoms with E-state index in [4.69, 9.17) is 9.84 Å². The smallest absolute Gasteiger partial charge is 0.228 e. The Labute approximate surface area is 224 Å². The molecule has 7 nitrogen and oxygen atoms in total. The van der Waals surface area contributed by atoms with Crippen LogP contribution in [0.5, 0.6) is 5.75 Å². The maximum atomic E-state index is 14.2. The molecule has 1 amide bonds. The Bertz CT molecular complexity index is 1230. The number of rotatable bonds is 6. The number of nitrogens with zero attached hydrogens (tertiary/aromatic N) is 4. The average molecular weight is 521 g/mol. The van der Waals surface area contributed by atoms with E-state index in [1.165, 1.54) is 12.1 Å². The molecule has 0 aliphatic carbocycles. The lowest BCUT2D eigenvalue weighted by Gasteiger charge is -2.42. The highest BCUT2D eigenvalue weighted by atomic mass is 19.1. The van der Waals surface area contributed by atoms with Crippen molar-refractivity contribution in [3.8, 4) is 5.75 Å². The van der Waals surface area contributed by atoms with Gasteiger partial charge in [0.2, 0.25) is 5.91 Å². The Morgan fingerprint density at radius 1 is 1.08 bits per heavy atom. The lowest BCUT2D eigenvalue weighted by Crippen LogP contribution is -2.54. The standard InChI is InChI=1S/C30H37FN4O3/c1-21(36)27-30(22-9-6-5-7-10-22,26-20-38-25-12-11-23(31)19-24(25)35(26)32-27)13-8-14-33-15-17-34(18-16-33)28(37)29(2,3)4/h5-7,9-12,19,26H,8,13-18,20H2,1-4H3/t26-,30+/m0/s1. The summed E-state index contributed by atoms with van der Waals surface area (Å²) in [6, 6.07) is 14.2. The van der Waals surface area contributed by atoms with Crippen molar-refractivity contribution < 1.29 is 18.7 Å². The first kappa shape index (κ1) is 26.4. The monoisotopic (exact) mass is 520 g/mol. The average Bonchev–Trinajstić information content (AvgIpc) is 3.25. The summed E-state index contributed by atoms with van der Waals surface area (Å²) < 4.78 is 20.4. The van der Waals surface area contributed by atoms with Crippen LogP contribution in [-0.2, 0) is 15.0 Å². The molecule has 2 aromatic rings. The van der Waals surface area contributed by atoms with Gasteiger partial charge in [0, 0.05) is 44.6 Å². The number of hydrogen-bond donors (Lipinski definition) is 0. The Morgan fingerprint density at radius 3 is 2.45 bits per heavy atom. The molecule has 3 aliphatic heterocycles. The zero-order valence-electron chi connectivity index (χ0n) is 22.7. The van der Waals surface area contributed by atoms with E-state index >= 15 is 0 Å². The number of anilines is 1. The second-order valence-corrected chi connectivity index (χ2v) is 11.6. The number of hydrazone groups is 1. The number of carbonyl (C=O) groups is 2. The van der Waals surface area contributed by atoms with E-state index < -0.39 is 5.41 Å². The minimum Gasteiger partial charge on any atom is -0.489 e. The SMILES string of the molecule is CC(=O)C1=NN2c3cc(F)ccc3OC[C@H]2[C@@]1(CCCN1CCN(C(=O)C(C)(C)C)CC1)c1ccccc1. The van der Waals surface area contributed by atoms with Crippen molar-refractivity contribution in [2.45, 2.75) is 52.0 Å². The molecule has 0 aromatic heterocycles. The van der Waals surface area contributed by atoms with Gasteiger partial charge in [-0.1, -0.05) is 51.1 Å². The normalized spacial score (nSPS) is 23.4. The van der Waals surface area contributed by atoms with Gasteiger partial charge in [-0.25, -0.2) is 4.39 Å². The molecule has 8 heteroatoms. The molecule has 202 valence electrons. The van der Waals surface area contributed by atoms with Crippen LogP contribution in [0, 0.1) is 11.2 Å². The van der Waals surface area contributed by atoms with Crippen LogP contribution in [-0.4, -0.2) is 72.6 Å². The largest absolute Gasteiger partial charge is 0.489 e. The van der Waals surface area contributed by atoms with Gasteiger partial charge in [0.25, 0.3) is 0 Å². The van der Waals surface area contributed by atoms with Crippen molar-refractivity contribution >= 4 is 23.1 Å². The number of benzene rings is 2. The lowest BCUT2D eigenvalue weighted by molar-refractivity contribution is -0.141. The fourth-order valence-corrected chi connectivity index (χ4v) is 6.14. The summed E-state index contributed by atoms with van der Waals surface area (Å²) in [6.45, 7) is 11.8. The molecular weight excluding hydrogens is 483 g/mol. The summed E-state index contributed by atoms with van der Waals surface area (Å²) in [5.41, 5.74) is 1.02. The van der Waals surface area contributed by atoms with Gasteiger partial charge < -0.3 is 9.64 Å². The van der Waals surface area contributed by atoms with Crippen molar-refractivity contribution in [3.63, 3.8) is 0 Å². The summed E-state index contributed by atoms with van der Waals surface area (Å²) in [7, 11) is 0. The molecule has 0 radical (unpaired) electrons. The van der Waals surface area contributed by atoms with E-state index in [0.29, 0.717) is 30.2 Å². The highest BCUT2D eigenvalue weighted by molar-refractivity contribution is 6.43. The van der Waals surface area contributed by atoms with E-state index in [0.717, 1.165) is 44.7 Å². The summed E-state index contributed by atoms with van der Waals surface area (Å²) in [5.74, 6) is 0.313. The van der Waals surface area contributed by atoms with E-state index in [9.17, 15) is 14.0 Å². The Kier molecular flexibility index (Phi) is 7.03. The van der Waals surface area contributed by atoms with Crippen LogP contribution >= 0.6 is 0 Å². The first-order valence-electron chi connectivity index (χ1n) is 13.5. The highest BCUT2D eigenvalue weighted by Gasteiger charge is 2.55. The molecule has 0 spiro atoms. The number of carbonyl (C=O) groups excluding carboxylic acids is 2. The van der Waals surface area contributed by atoms with Crippen molar-refractivity contribution in [2.75, 3.05) is 44.3 Å². The van der Waals surface area contributed by atoms with Crippen LogP contribution < -0.4 is 9.75 Å².